The molecule has 5 atom stereocenters. The summed E-state index contributed by atoms with van der Waals surface area (Å²) in [4.78, 5) is 28.6. The van der Waals surface area contributed by atoms with E-state index in [0.29, 0.717) is 18.0 Å². The van der Waals surface area contributed by atoms with Gasteiger partial charge in [-0.05, 0) is 37.5 Å². The van der Waals surface area contributed by atoms with E-state index in [-0.39, 0.29) is 30.8 Å². The van der Waals surface area contributed by atoms with Crippen LogP contribution in [0.25, 0.3) is 0 Å². The van der Waals surface area contributed by atoms with Crippen LogP contribution in [0.15, 0.2) is 60.7 Å². The Morgan fingerprint density at radius 1 is 1.18 bits per heavy atom. The molecule has 0 unspecified atom stereocenters. The summed E-state index contributed by atoms with van der Waals surface area (Å²) in [6, 6.07) is 15.7. The van der Waals surface area contributed by atoms with Gasteiger partial charge in [-0.15, -0.1) is 0 Å². The molecule has 2 amide bonds. The van der Waals surface area contributed by atoms with E-state index in [2.05, 4.69) is 17.4 Å². The third-order valence-electron chi connectivity index (χ3n) is 7.17. The molecule has 2 fully saturated rings. The number of benzene rings is 2. The van der Waals surface area contributed by atoms with E-state index in [0.717, 1.165) is 18.5 Å². The topological polar surface area (TPSA) is 77.1 Å². The average molecular weight is 447 g/mol. The first-order valence-electron chi connectivity index (χ1n) is 11.5. The molecule has 2 aromatic rings. The minimum atomic E-state index is -0.757. The molecular formula is C26H26N2O5. The predicted molar refractivity (Wildman–Crippen MR) is 121 cm³/mol. The van der Waals surface area contributed by atoms with E-state index >= 15 is 0 Å². The molecule has 4 aliphatic rings. The summed E-state index contributed by atoms with van der Waals surface area (Å²) < 4.78 is 17.1. The lowest BCUT2D eigenvalue weighted by Gasteiger charge is -2.25. The summed E-state index contributed by atoms with van der Waals surface area (Å²) in [6.07, 6.45) is 5.26. The summed E-state index contributed by atoms with van der Waals surface area (Å²) in [5.74, 6) is 0.0372. The highest BCUT2D eigenvalue weighted by Crippen LogP contribution is 2.53. The van der Waals surface area contributed by atoms with Gasteiger partial charge in [-0.3, -0.25) is 9.59 Å². The monoisotopic (exact) mass is 446 g/mol. The van der Waals surface area contributed by atoms with Crippen molar-refractivity contribution in [2.45, 2.75) is 37.5 Å². The number of carbonyl (C=O) groups excluding carboxylic acids is 2. The van der Waals surface area contributed by atoms with Crippen LogP contribution in [0.3, 0.4) is 0 Å². The maximum absolute atomic E-state index is 13.5. The van der Waals surface area contributed by atoms with Gasteiger partial charge in [-0.25, -0.2) is 0 Å². The molecule has 7 heteroatoms. The molecule has 2 saturated heterocycles. The molecule has 0 aliphatic carbocycles. The van der Waals surface area contributed by atoms with Gasteiger partial charge in [0.15, 0.2) is 11.5 Å². The highest BCUT2D eigenvalue weighted by Gasteiger charge is 2.67. The van der Waals surface area contributed by atoms with E-state index in [1.807, 2.05) is 55.5 Å². The Hall–Kier alpha value is -3.32. The van der Waals surface area contributed by atoms with Crippen LogP contribution in [0, 0.1) is 11.8 Å². The van der Waals surface area contributed by atoms with Gasteiger partial charge < -0.3 is 24.4 Å². The summed E-state index contributed by atoms with van der Waals surface area (Å²) in [6.45, 7) is 2.57. The molecule has 1 spiro atoms. The lowest BCUT2D eigenvalue weighted by molar-refractivity contribution is -0.132. The van der Waals surface area contributed by atoms with E-state index in [1.165, 1.54) is 5.56 Å². The van der Waals surface area contributed by atoms with Crippen molar-refractivity contribution in [3.8, 4) is 11.5 Å². The summed E-state index contributed by atoms with van der Waals surface area (Å²) in [7, 11) is 0. The van der Waals surface area contributed by atoms with Crippen molar-refractivity contribution in [1.82, 2.24) is 5.32 Å². The van der Waals surface area contributed by atoms with Crippen LogP contribution in [0.2, 0.25) is 0 Å². The Labute approximate surface area is 192 Å². The van der Waals surface area contributed by atoms with Gasteiger partial charge in [0.2, 0.25) is 18.6 Å². The third-order valence-corrected chi connectivity index (χ3v) is 7.17. The predicted octanol–water partition coefficient (Wildman–Crippen LogP) is 2.84. The second-order valence-electron chi connectivity index (χ2n) is 9.30. The lowest BCUT2D eigenvalue weighted by atomic mass is 9.76. The zero-order chi connectivity index (χ0) is 22.6. The van der Waals surface area contributed by atoms with Gasteiger partial charge in [-0.1, -0.05) is 42.5 Å². The van der Waals surface area contributed by atoms with Gasteiger partial charge in [0.1, 0.15) is 5.60 Å². The fourth-order valence-electron chi connectivity index (χ4n) is 5.51. The van der Waals surface area contributed by atoms with Gasteiger partial charge >= 0.3 is 0 Å². The molecule has 2 aromatic carbocycles. The lowest BCUT2D eigenvalue weighted by Crippen LogP contribution is -2.46. The van der Waals surface area contributed by atoms with E-state index < -0.39 is 17.4 Å². The Morgan fingerprint density at radius 2 is 2.00 bits per heavy atom. The summed E-state index contributed by atoms with van der Waals surface area (Å²) in [5, 5.41) is 3.14. The molecule has 170 valence electrons. The van der Waals surface area contributed by atoms with Crippen LogP contribution in [0.1, 0.15) is 18.9 Å². The van der Waals surface area contributed by atoms with Crippen LogP contribution in [-0.2, 0) is 20.7 Å². The van der Waals surface area contributed by atoms with Crippen LogP contribution in [0.4, 0.5) is 5.69 Å². The van der Waals surface area contributed by atoms with Gasteiger partial charge in [0, 0.05) is 17.8 Å². The van der Waals surface area contributed by atoms with Crippen molar-refractivity contribution in [3.63, 3.8) is 0 Å². The molecule has 7 nitrogen and oxygen atoms in total. The fourth-order valence-corrected chi connectivity index (χ4v) is 5.51. The van der Waals surface area contributed by atoms with Gasteiger partial charge in [0.25, 0.3) is 0 Å². The highest BCUT2D eigenvalue weighted by molar-refractivity contribution is 6.03. The molecule has 2 bridgehead atoms. The number of ether oxygens (including phenoxy) is 3. The SMILES string of the molecule is C[C@H](CCc1ccccc1)NC(=O)[C@@H]1[C@H]2C(=O)N(c3ccc4c(c3)OCO4)C[C@@]23C=C[C@H]1O3. The minimum absolute atomic E-state index is 0.00164. The Balaban J connectivity index is 1.17. The molecule has 0 aromatic heterocycles. The Morgan fingerprint density at radius 3 is 2.85 bits per heavy atom. The normalized spacial score (nSPS) is 29.4. The molecule has 4 aliphatic heterocycles. The van der Waals surface area contributed by atoms with E-state index in [4.69, 9.17) is 14.2 Å². The first kappa shape index (κ1) is 20.3. The maximum Gasteiger partial charge on any atom is 0.234 e. The van der Waals surface area contributed by atoms with Crippen LogP contribution in [-0.4, -0.2) is 42.9 Å². The van der Waals surface area contributed by atoms with Gasteiger partial charge in [0.05, 0.1) is 24.5 Å². The quantitative estimate of drug-likeness (QED) is 0.691. The standard InChI is InChI=1S/C26H26N2O5/c1-16(7-8-17-5-3-2-4-6-17)27-24(29)22-20-11-12-26(33-20)14-28(25(30)23(22)26)18-9-10-19-21(13-18)32-15-31-19/h2-6,9-13,16,20,22-23H,7-8,14-15H2,1H3,(H,27,29)/t16-,20-,22+,23+,26+/m1/s1. The van der Waals surface area contributed by atoms with Crippen LogP contribution in [0.5, 0.6) is 11.5 Å². The summed E-state index contributed by atoms with van der Waals surface area (Å²) >= 11 is 0. The molecule has 6 rings (SSSR count). The van der Waals surface area contributed by atoms with Crippen LogP contribution >= 0.6 is 0 Å². The van der Waals surface area contributed by atoms with Crippen molar-refractivity contribution < 1.29 is 23.8 Å². The van der Waals surface area contributed by atoms with Crippen molar-refractivity contribution in [1.29, 1.82) is 0 Å². The first-order valence-corrected chi connectivity index (χ1v) is 11.5. The number of hydrogen-bond acceptors (Lipinski definition) is 5. The smallest absolute Gasteiger partial charge is 0.234 e. The number of aryl methyl sites for hydroxylation is 1. The number of nitrogens with one attached hydrogen (secondary N) is 1. The second kappa shape index (κ2) is 7.63. The third kappa shape index (κ3) is 3.30. The van der Waals surface area contributed by atoms with Crippen LogP contribution < -0.4 is 19.7 Å². The molecule has 0 saturated carbocycles. The first-order chi connectivity index (χ1) is 16.0. The zero-order valence-corrected chi connectivity index (χ0v) is 18.4. The molecule has 33 heavy (non-hydrogen) atoms. The highest BCUT2D eigenvalue weighted by atomic mass is 16.7. The number of nitrogens with zero attached hydrogens (tertiary/aromatic N) is 1. The van der Waals surface area contributed by atoms with Crippen molar-refractivity contribution >= 4 is 17.5 Å². The van der Waals surface area contributed by atoms with E-state index in [1.54, 1.807) is 4.90 Å². The number of fused-ring (bicyclic) bond motifs is 2. The maximum atomic E-state index is 13.5. The second-order valence-corrected chi connectivity index (χ2v) is 9.30. The minimum Gasteiger partial charge on any atom is -0.454 e. The number of rotatable bonds is 6. The number of amides is 2. The number of hydrogen-bond donors (Lipinski definition) is 1. The molecule has 4 heterocycles. The van der Waals surface area contributed by atoms with Crippen molar-refractivity contribution in [3.05, 3.63) is 66.2 Å². The summed E-state index contributed by atoms with van der Waals surface area (Å²) in [5.41, 5.74) is 1.21. The van der Waals surface area contributed by atoms with Gasteiger partial charge in [-0.2, -0.15) is 0 Å². The number of carbonyl (C=O) groups is 2. The zero-order valence-electron chi connectivity index (χ0n) is 18.4. The molecule has 0 radical (unpaired) electrons. The molecule has 1 N–H and O–H groups in total. The van der Waals surface area contributed by atoms with Crippen molar-refractivity contribution in [2.75, 3.05) is 18.2 Å². The largest absolute Gasteiger partial charge is 0.454 e. The fraction of sp³-hybridized carbons (Fsp3) is 0.385. The Kier molecular flexibility index (Phi) is 4.69. The number of anilines is 1. The van der Waals surface area contributed by atoms with E-state index in [9.17, 15) is 9.59 Å². The molecular weight excluding hydrogens is 420 g/mol. The van der Waals surface area contributed by atoms with Crippen molar-refractivity contribution in [2.24, 2.45) is 11.8 Å². The average Bonchev–Trinajstić information content (AvgIpc) is 3.58. The Bertz CT molecular complexity index is 1130.